The van der Waals surface area contributed by atoms with Crippen molar-refractivity contribution in [2.75, 3.05) is 0 Å². The molecule has 0 amide bonds. The minimum atomic E-state index is -1.17. The van der Waals surface area contributed by atoms with Gasteiger partial charge in [-0.3, -0.25) is 0 Å². The summed E-state index contributed by atoms with van der Waals surface area (Å²) in [7, 11) is 0. The van der Waals surface area contributed by atoms with E-state index in [4.69, 9.17) is 0 Å². The number of carboxylic acid groups (broad SMARTS) is 2. The Bertz CT molecular complexity index is 873. The molecule has 7 heteroatoms. The molecule has 0 unspecified atom stereocenters. The fraction of sp³-hybridized carbons (Fsp3) is 0.167. The lowest BCUT2D eigenvalue weighted by Crippen LogP contribution is -2.31. The van der Waals surface area contributed by atoms with Crippen molar-refractivity contribution in [3.05, 3.63) is 64.8 Å². The van der Waals surface area contributed by atoms with Crippen molar-refractivity contribution in [3.63, 3.8) is 0 Å². The molecule has 128 valence electrons. The van der Waals surface area contributed by atoms with Gasteiger partial charge in [0.2, 0.25) is 0 Å². The molecule has 1 aliphatic rings. The first kappa shape index (κ1) is 16.5. The zero-order valence-corrected chi connectivity index (χ0v) is 13.7. The molecule has 1 aromatic heterocycles. The van der Waals surface area contributed by atoms with Gasteiger partial charge in [-0.2, -0.15) is 0 Å². The Hall–Kier alpha value is -3.35. The number of aromatic nitrogens is 2. The Morgan fingerprint density at radius 3 is 2.08 bits per heavy atom. The van der Waals surface area contributed by atoms with Gasteiger partial charge in [-0.05, 0) is 13.8 Å². The van der Waals surface area contributed by atoms with E-state index in [1.807, 2.05) is 30.3 Å². The first-order valence-corrected chi connectivity index (χ1v) is 7.65. The smallest absolute Gasteiger partial charge is 0.334 e. The normalized spacial score (nSPS) is 15.3. The summed E-state index contributed by atoms with van der Waals surface area (Å²) in [6.45, 7) is 3.24. The molecule has 0 atom stereocenters. The minimum absolute atomic E-state index is 0.00809. The topological polar surface area (TPSA) is 115 Å². The van der Waals surface area contributed by atoms with Gasteiger partial charge in [0, 0.05) is 28.8 Å². The lowest BCUT2D eigenvalue weighted by atomic mass is 9.83. The number of aliphatic carboxylic acids is 2. The molecule has 0 spiro atoms. The van der Waals surface area contributed by atoms with Crippen LogP contribution in [0.5, 0.6) is 0 Å². The predicted molar refractivity (Wildman–Crippen MR) is 90.6 cm³/mol. The Kier molecular flexibility index (Phi) is 4.14. The van der Waals surface area contributed by atoms with Gasteiger partial charge in [-0.1, -0.05) is 30.3 Å². The van der Waals surface area contributed by atoms with Crippen LogP contribution < -0.4 is 5.32 Å². The first-order chi connectivity index (χ1) is 11.9. The van der Waals surface area contributed by atoms with Crippen molar-refractivity contribution in [1.29, 1.82) is 0 Å². The van der Waals surface area contributed by atoms with Crippen LogP contribution in [-0.2, 0) is 9.59 Å². The summed E-state index contributed by atoms with van der Waals surface area (Å²) in [5, 5.41) is 22.0. The van der Waals surface area contributed by atoms with Gasteiger partial charge in [-0.15, -0.1) is 0 Å². The molecule has 1 aromatic carbocycles. The number of carboxylic acids is 2. The molecule has 25 heavy (non-hydrogen) atoms. The number of nitrogens with one attached hydrogen (secondary N) is 2. The van der Waals surface area contributed by atoms with Crippen LogP contribution in [0.25, 0.3) is 11.4 Å². The van der Waals surface area contributed by atoms with Gasteiger partial charge in [0.15, 0.2) is 0 Å². The lowest BCUT2D eigenvalue weighted by Gasteiger charge is -2.27. The molecule has 0 saturated carbocycles. The highest BCUT2D eigenvalue weighted by Crippen LogP contribution is 2.38. The summed E-state index contributed by atoms with van der Waals surface area (Å²) in [5.41, 5.74) is 2.07. The summed E-state index contributed by atoms with van der Waals surface area (Å²) in [6, 6.07) is 9.33. The third-order valence-electron chi connectivity index (χ3n) is 4.17. The van der Waals surface area contributed by atoms with E-state index in [2.05, 4.69) is 15.3 Å². The maximum atomic E-state index is 11.8. The summed E-state index contributed by atoms with van der Waals surface area (Å²) in [4.78, 5) is 30.9. The van der Waals surface area contributed by atoms with Crippen LogP contribution in [0.3, 0.4) is 0 Å². The van der Waals surface area contributed by atoms with Crippen LogP contribution in [0.1, 0.15) is 25.5 Å². The molecule has 7 nitrogen and oxygen atoms in total. The van der Waals surface area contributed by atoms with E-state index < -0.39 is 17.9 Å². The number of aromatic amines is 1. The summed E-state index contributed by atoms with van der Waals surface area (Å²) < 4.78 is 0. The Morgan fingerprint density at radius 2 is 1.56 bits per heavy atom. The Balaban J connectivity index is 2.14. The average Bonchev–Trinajstić information content (AvgIpc) is 3.03. The van der Waals surface area contributed by atoms with E-state index in [0.29, 0.717) is 22.9 Å². The predicted octanol–water partition coefficient (Wildman–Crippen LogP) is 2.48. The van der Waals surface area contributed by atoms with Crippen LogP contribution in [0.2, 0.25) is 0 Å². The number of dihydropyridines is 1. The van der Waals surface area contributed by atoms with Crippen LogP contribution in [-0.4, -0.2) is 32.1 Å². The highest BCUT2D eigenvalue weighted by Gasteiger charge is 2.37. The van der Waals surface area contributed by atoms with Gasteiger partial charge in [0.1, 0.15) is 5.82 Å². The zero-order chi connectivity index (χ0) is 18.1. The first-order valence-electron chi connectivity index (χ1n) is 7.65. The number of rotatable bonds is 4. The number of H-pyrrole nitrogens is 1. The molecule has 0 bridgehead atoms. The summed E-state index contributed by atoms with van der Waals surface area (Å²) >= 11 is 0. The average molecular weight is 339 g/mol. The third-order valence-corrected chi connectivity index (χ3v) is 4.17. The Morgan fingerprint density at radius 1 is 1.00 bits per heavy atom. The maximum Gasteiger partial charge on any atom is 0.334 e. The second-order valence-corrected chi connectivity index (χ2v) is 5.80. The summed E-state index contributed by atoms with van der Waals surface area (Å²) in [6.07, 6.45) is 1.49. The molecule has 0 fully saturated rings. The van der Waals surface area contributed by atoms with Gasteiger partial charge in [0.25, 0.3) is 0 Å². The van der Waals surface area contributed by atoms with Crippen molar-refractivity contribution >= 4 is 11.9 Å². The lowest BCUT2D eigenvalue weighted by molar-refractivity contribution is -0.133. The van der Waals surface area contributed by atoms with E-state index in [0.717, 1.165) is 5.56 Å². The molecule has 0 aliphatic carbocycles. The molecule has 4 N–H and O–H groups in total. The number of hydrogen-bond acceptors (Lipinski definition) is 4. The summed E-state index contributed by atoms with van der Waals surface area (Å²) in [5.74, 6) is -2.71. The molecular weight excluding hydrogens is 322 g/mol. The minimum Gasteiger partial charge on any atom is -0.478 e. The zero-order valence-electron chi connectivity index (χ0n) is 13.7. The number of carbonyl (C=O) groups is 2. The SMILES string of the molecule is CC1=C(C(=O)O)C(c2cnc(-c3ccccc3)[nH]2)C(C(=O)O)=C(C)N1. The molecule has 2 heterocycles. The van der Waals surface area contributed by atoms with Gasteiger partial charge >= 0.3 is 11.9 Å². The van der Waals surface area contributed by atoms with Crippen LogP contribution in [0.4, 0.5) is 0 Å². The van der Waals surface area contributed by atoms with Crippen molar-refractivity contribution < 1.29 is 19.8 Å². The van der Waals surface area contributed by atoms with Crippen molar-refractivity contribution in [2.45, 2.75) is 19.8 Å². The van der Waals surface area contributed by atoms with Crippen molar-refractivity contribution in [2.24, 2.45) is 0 Å². The van der Waals surface area contributed by atoms with Crippen LogP contribution in [0, 0.1) is 0 Å². The fourth-order valence-electron chi connectivity index (χ4n) is 3.10. The second kappa shape index (κ2) is 6.27. The largest absolute Gasteiger partial charge is 0.478 e. The fourth-order valence-corrected chi connectivity index (χ4v) is 3.10. The second-order valence-electron chi connectivity index (χ2n) is 5.80. The monoisotopic (exact) mass is 339 g/mol. The van der Waals surface area contributed by atoms with E-state index in [1.165, 1.54) is 6.20 Å². The van der Waals surface area contributed by atoms with Gasteiger partial charge < -0.3 is 20.5 Å². The quantitative estimate of drug-likeness (QED) is 0.680. The van der Waals surface area contributed by atoms with E-state index >= 15 is 0 Å². The van der Waals surface area contributed by atoms with E-state index in [-0.39, 0.29) is 11.1 Å². The molecule has 1 aliphatic heterocycles. The van der Waals surface area contributed by atoms with Gasteiger partial charge in [-0.25, -0.2) is 14.6 Å². The number of hydrogen-bond donors (Lipinski definition) is 4. The highest BCUT2D eigenvalue weighted by molar-refractivity contribution is 5.98. The number of nitrogens with zero attached hydrogens (tertiary/aromatic N) is 1. The molecule has 0 saturated heterocycles. The molecule has 0 radical (unpaired) electrons. The van der Waals surface area contributed by atoms with E-state index in [1.54, 1.807) is 13.8 Å². The van der Waals surface area contributed by atoms with Crippen LogP contribution in [0.15, 0.2) is 59.1 Å². The molecule has 2 aromatic rings. The van der Waals surface area contributed by atoms with Crippen molar-refractivity contribution in [3.8, 4) is 11.4 Å². The van der Waals surface area contributed by atoms with Gasteiger partial charge in [0.05, 0.1) is 17.1 Å². The highest BCUT2D eigenvalue weighted by atomic mass is 16.4. The number of imidazole rings is 1. The number of allylic oxidation sites excluding steroid dienone is 2. The Labute approximate surface area is 143 Å². The number of benzene rings is 1. The van der Waals surface area contributed by atoms with E-state index in [9.17, 15) is 19.8 Å². The van der Waals surface area contributed by atoms with Crippen LogP contribution >= 0.6 is 0 Å². The molecule has 3 rings (SSSR count). The van der Waals surface area contributed by atoms with Crippen molar-refractivity contribution in [1.82, 2.24) is 15.3 Å². The molecular formula is C18H17N3O4. The standard InChI is InChI=1S/C18H17N3O4/c1-9-13(17(22)23)15(14(18(24)25)10(2)20-9)12-8-19-16(21-12)11-6-4-3-5-7-11/h3-8,15,20H,1-2H3,(H,19,21)(H,22,23)(H,24,25). The maximum absolute atomic E-state index is 11.8. The third kappa shape index (κ3) is 2.91.